The summed E-state index contributed by atoms with van der Waals surface area (Å²) in [5.74, 6) is -0.0528. The second kappa shape index (κ2) is 8.20. The Labute approximate surface area is 93.1 Å². The van der Waals surface area contributed by atoms with Crippen LogP contribution in [-0.4, -0.2) is 42.2 Å². The van der Waals surface area contributed by atoms with Crippen LogP contribution in [0.4, 0.5) is 0 Å². The van der Waals surface area contributed by atoms with E-state index in [1.165, 1.54) is 0 Å². The molecule has 4 nitrogen and oxygen atoms in total. The Morgan fingerprint density at radius 3 is 2.71 bits per heavy atom. The second-order valence-electron chi connectivity index (χ2n) is 3.05. The third kappa shape index (κ3) is 5.57. The fourth-order valence-electron chi connectivity index (χ4n) is 1.03. The Balaban J connectivity index is 3.94. The van der Waals surface area contributed by atoms with Crippen LogP contribution in [0, 0.1) is 0 Å². The molecule has 0 spiro atoms. The Kier molecular flexibility index (Phi) is 8.12. The van der Waals surface area contributed by atoms with Crippen LogP contribution in [0.15, 0.2) is 0 Å². The highest BCUT2D eigenvalue weighted by Gasteiger charge is 2.16. The molecule has 1 amide bonds. The van der Waals surface area contributed by atoms with E-state index < -0.39 is 0 Å². The molecule has 0 fully saturated rings. The lowest BCUT2D eigenvalue weighted by molar-refractivity contribution is -0.121. The van der Waals surface area contributed by atoms with Gasteiger partial charge in [0.15, 0.2) is 0 Å². The van der Waals surface area contributed by atoms with Gasteiger partial charge >= 0.3 is 0 Å². The lowest BCUT2D eigenvalue weighted by Crippen LogP contribution is -2.42. The van der Waals surface area contributed by atoms with E-state index in [-0.39, 0.29) is 23.4 Å². The van der Waals surface area contributed by atoms with Gasteiger partial charge in [0.25, 0.3) is 0 Å². The highest BCUT2D eigenvalue weighted by molar-refractivity contribution is 9.10. The van der Waals surface area contributed by atoms with Crippen LogP contribution in [-0.2, 0) is 9.53 Å². The van der Waals surface area contributed by atoms with Crippen LogP contribution >= 0.6 is 15.9 Å². The van der Waals surface area contributed by atoms with Crippen molar-refractivity contribution in [2.24, 2.45) is 0 Å². The van der Waals surface area contributed by atoms with Crippen molar-refractivity contribution in [1.29, 1.82) is 0 Å². The van der Waals surface area contributed by atoms with Gasteiger partial charge in [-0.3, -0.25) is 4.79 Å². The van der Waals surface area contributed by atoms with E-state index >= 15 is 0 Å². The maximum atomic E-state index is 11.4. The summed E-state index contributed by atoms with van der Waals surface area (Å²) in [6.45, 7) is 2.40. The molecule has 0 radical (unpaired) electrons. The number of hydrogen-bond donors (Lipinski definition) is 2. The van der Waals surface area contributed by atoms with Crippen LogP contribution < -0.4 is 5.32 Å². The van der Waals surface area contributed by atoms with Crippen molar-refractivity contribution in [3.63, 3.8) is 0 Å². The van der Waals surface area contributed by atoms with Crippen molar-refractivity contribution >= 4 is 21.8 Å². The molecule has 5 heteroatoms. The Hall–Kier alpha value is -0.130. The molecule has 0 rings (SSSR count). The number of aliphatic hydroxyl groups excluding tert-OH is 1. The van der Waals surface area contributed by atoms with E-state index in [1.807, 2.05) is 6.92 Å². The van der Waals surface area contributed by atoms with Gasteiger partial charge in [0.05, 0.1) is 17.5 Å². The quantitative estimate of drug-likeness (QED) is 0.667. The molecule has 0 aromatic heterocycles. The van der Waals surface area contributed by atoms with Gasteiger partial charge in [-0.25, -0.2) is 0 Å². The Morgan fingerprint density at radius 1 is 1.64 bits per heavy atom. The van der Waals surface area contributed by atoms with Crippen LogP contribution in [0.3, 0.4) is 0 Å². The average molecular weight is 268 g/mol. The molecule has 0 saturated carbocycles. The molecule has 2 N–H and O–H groups in total. The minimum absolute atomic E-state index is 0.0490. The highest BCUT2D eigenvalue weighted by atomic mass is 79.9. The fraction of sp³-hybridized carbons (Fsp3) is 0.889. The van der Waals surface area contributed by atoms with Gasteiger partial charge in [-0.15, -0.1) is 0 Å². The summed E-state index contributed by atoms with van der Waals surface area (Å²) in [6, 6.07) is -0.107. The standard InChI is InChI=1S/C9H18BrNO3/c1-3-8(10)9(13)11-7(4-5-12)6-14-2/h7-8,12H,3-6H2,1-2H3,(H,11,13). The predicted molar refractivity (Wildman–Crippen MR) is 58.5 cm³/mol. The van der Waals surface area contributed by atoms with Gasteiger partial charge in [0.2, 0.25) is 5.91 Å². The SMILES string of the molecule is CCC(Br)C(=O)NC(CCO)COC. The van der Waals surface area contributed by atoms with Crippen molar-refractivity contribution in [2.45, 2.75) is 30.6 Å². The minimum Gasteiger partial charge on any atom is -0.396 e. The van der Waals surface area contributed by atoms with E-state index in [0.29, 0.717) is 13.0 Å². The zero-order valence-electron chi connectivity index (χ0n) is 8.62. The summed E-state index contributed by atoms with van der Waals surface area (Å²) in [7, 11) is 1.57. The van der Waals surface area contributed by atoms with Crippen LogP contribution in [0.25, 0.3) is 0 Å². The van der Waals surface area contributed by atoms with Crippen molar-refractivity contribution in [3.8, 4) is 0 Å². The molecule has 2 unspecified atom stereocenters. The van der Waals surface area contributed by atoms with E-state index in [2.05, 4.69) is 21.2 Å². The number of carbonyl (C=O) groups is 1. The summed E-state index contributed by atoms with van der Waals surface area (Å²) in [5.41, 5.74) is 0. The van der Waals surface area contributed by atoms with Gasteiger partial charge in [0, 0.05) is 13.7 Å². The van der Waals surface area contributed by atoms with Gasteiger partial charge in [-0.1, -0.05) is 22.9 Å². The summed E-state index contributed by atoms with van der Waals surface area (Å²) < 4.78 is 4.93. The van der Waals surface area contributed by atoms with Crippen molar-refractivity contribution in [1.82, 2.24) is 5.32 Å². The number of hydrogen-bond acceptors (Lipinski definition) is 3. The van der Waals surface area contributed by atoms with E-state index in [0.717, 1.165) is 6.42 Å². The Morgan fingerprint density at radius 2 is 2.29 bits per heavy atom. The number of ether oxygens (including phenoxy) is 1. The van der Waals surface area contributed by atoms with Crippen LogP contribution in [0.1, 0.15) is 19.8 Å². The monoisotopic (exact) mass is 267 g/mol. The van der Waals surface area contributed by atoms with Gasteiger partial charge in [-0.2, -0.15) is 0 Å². The predicted octanol–water partition coefficient (Wildman–Crippen LogP) is 0.674. The number of methoxy groups -OCH3 is 1. The van der Waals surface area contributed by atoms with Crippen molar-refractivity contribution in [3.05, 3.63) is 0 Å². The molecule has 0 aliphatic heterocycles. The number of rotatable bonds is 7. The minimum atomic E-state index is -0.166. The molecule has 0 aromatic carbocycles. The van der Waals surface area contributed by atoms with Crippen LogP contribution in [0.2, 0.25) is 0 Å². The Bertz CT molecular complexity index is 160. The summed E-state index contributed by atoms with van der Waals surface area (Å²) >= 11 is 3.26. The van der Waals surface area contributed by atoms with Crippen molar-refractivity contribution < 1.29 is 14.6 Å². The first-order chi connectivity index (χ1) is 6.65. The first-order valence-corrected chi connectivity index (χ1v) is 5.61. The number of alkyl halides is 1. The zero-order chi connectivity index (χ0) is 11.0. The number of nitrogens with one attached hydrogen (secondary N) is 1. The molecule has 0 bridgehead atoms. The number of halogens is 1. The fourth-order valence-corrected chi connectivity index (χ4v) is 1.16. The smallest absolute Gasteiger partial charge is 0.234 e. The summed E-state index contributed by atoms with van der Waals surface area (Å²) in [6.07, 6.45) is 1.26. The summed E-state index contributed by atoms with van der Waals surface area (Å²) in [4.78, 5) is 11.3. The largest absolute Gasteiger partial charge is 0.396 e. The molecular formula is C9H18BrNO3. The second-order valence-corrected chi connectivity index (χ2v) is 4.15. The topological polar surface area (TPSA) is 58.6 Å². The lowest BCUT2D eigenvalue weighted by Gasteiger charge is -2.18. The number of carbonyl (C=O) groups excluding carboxylic acids is 1. The first kappa shape index (κ1) is 13.9. The molecule has 0 saturated heterocycles. The molecule has 0 heterocycles. The van der Waals surface area contributed by atoms with E-state index in [1.54, 1.807) is 7.11 Å². The van der Waals surface area contributed by atoms with Crippen LogP contribution in [0.5, 0.6) is 0 Å². The maximum Gasteiger partial charge on any atom is 0.234 e. The van der Waals surface area contributed by atoms with Gasteiger partial charge in [0.1, 0.15) is 0 Å². The van der Waals surface area contributed by atoms with E-state index in [4.69, 9.17) is 9.84 Å². The highest BCUT2D eigenvalue weighted by Crippen LogP contribution is 2.05. The first-order valence-electron chi connectivity index (χ1n) is 4.69. The third-order valence-electron chi connectivity index (χ3n) is 1.83. The normalized spacial score (nSPS) is 14.9. The van der Waals surface area contributed by atoms with Gasteiger partial charge < -0.3 is 15.2 Å². The van der Waals surface area contributed by atoms with Crippen molar-refractivity contribution in [2.75, 3.05) is 20.3 Å². The summed E-state index contributed by atoms with van der Waals surface area (Å²) in [5, 5.41) is 11.6. The number of aliphatic hydroxyl groups is 1. The lowest BCUT2D eigenvalue weighted by atomic mass is 10.2. The third-order valence-corrected chi connectivity index (χ3v) is 2.90. The van der Waals surface area contributed by atoms with E-state index in [9.17, 15) is 4.79 Å². The molecular weight excluding hydrogens is 250 g/mol. The molecule has 14 heavy (non-hydrogen) atoms. The zero-order valence-corrected chi connectivity index (χ0v) is 10.2. The molecule has 2 atom stereocenters. The maximum absolute atomic E-state index is 11.4. The molecule has 0 aromatic rings. The number of amides is 1. The average Bonchev–Trinajstić information content (AvgIpc) is 2.17. The van der Waals surface area contributed by atoms with Gasteiger partial charge in [-0.05, 0) is 12.8 Å². The molecule has 84 valence electrons. The molecule has 0 aliphatic carbocycles. The molecule has 0 aliphatic rings.